The SMILES string of the molecule is Cc1ccc(C)c([C@@H]2C[C@@H](N)CCN2)c1. The minimum absolute atomic E-state index is 0.358. The third-order valence-corrected chi connectivity index (χ3v) is 3.25. The van der Waals surface area contributed by atoms with Crippen LogP contribution in [0.1, 0.15) is 35.6 Å². The topological polar surface area (TPSA) is 38.0 Å². The Morgan fingerprint density at radius 2 is 2.13 bits per heavy atom. The molecule has 0 unspecified atom stereocenters. The van der Waals surface area contributed by atoms with Crippen molar-refractivity contribution < 1.29 is 0 Å². The number of nitrogens with one attached hydrogen (secondary N) is 1. The standard InChI is InChI=1S/C13H20N2/c1-9-3-4-10(2)12(7-9)13-8-11(14)5-6-15-13/h3-4,7,11,13,15H,5-6,8,14H2,1-2H3/t11-,13-/m0/s1. The molecule has 0 bridgehead atoms. The van der Waals surface area contributed by atoms with Crippen molar-refractivity contribution >= 4 is 0 Å². The van der Waals surface area contributed by atoms with Crippen molar-refractivity contribution in [1.82, 2.24) is 5.32 Å². The average molecular weight is 204 g/mol. The van der Waals surface area contributed by atoms with Gasteiger partial charge in [-0.05, 0) is 44.4 Å². The molecular weight excluding hydrogens is 184 g/mol. The Labute approximate surface area is 91.9 Å². The van der Waals surface area contributed by atoms with Crippen LogP contribution in [-0.4, -0.2) is 12.6 Å². The molecule has 1 aromatic carbocycles. The first-order valence-electron chi connectivity index (χ1n) is 5.73. The third kappa shape index (κ3) is 2.39. The van der Waals surface area contributed by atoms with Gasteiger partial charge in [-0.3, -0.25) is 0 Å². The van der Waals surface area contributed by atoms with Crippen molar-refractivity contribution in [2.24, 2.45) is 5.73 Å². The van der Waals surface area contributed by atoms with Crippen LogP contribution < -0.4 is 11.1 Å². The number of piperidine rings is 1. The maximum atomic E-state index is 6.01. The molecule has 1 aliphatic rings. The van der Waals surface area contributed by atoms with E-state index in [2.05, 4.69) is 37.4 Å². The first-order valence-corrected chi connectivity index (χ1v) is 5.73. The molecule has 0 radical (unpaired) electrons. The zero-order valence-electron chi connectivity index (χ0n) is 9.59. The molecule has 1 saturated heterocycles. The first-order chi connectivity index (χ1) is 7.16. The molecule has 2 atom stereocenters. The lowest BCUT2D eigenvalue weighted by Gasteiger charge is -2.29. The van der Waals surface area contributed by atoms with Gasteiger partial charge in [0, 0.05) is 12.1 Å². The second-order valence-electron chi connectivity index (χ2n) is 4.65. The van der Waals surface area contributed by atoms with Gasteiger partial charge in [-0.15, -0.1) is 0 Å². The maximum absolute atomic E-state index is 6.01. The van der Waals surface area contributed by atoms with E-state index in [1.54, 1.807) is 0 Å². The van der Waals surface area contributed by atoms with Crippen molar-refractivity contribution in [2.75, 3.05) is 6.54 Å². The summed E-state index contributed by atoms with van der Waals surface area (Å²) >= 11 is 0. The molecule has 0 aromatic heterocycles. The molecule has 3 N–H and O–H groups in total. The second kappa shape index (κ2) is 4.33. The smallest absolute Gasteiger partial charge is 0.0337 e. The zero-order chi connectivity index (χ0) is 10.8. The Morgan fingerprint density at radius 3 is 2.87 bits per heavy atom. The van der Waals surface area contributed by atoms with E-state index in [0.29, 0.717) is 12.1 Å². The van der Waals surface area contributed by atoms with Gasteiger partial charge >= 0.3 is 0 Å². The summed E-state index contributed by atoms with van der Waals surface area (Å²) in [4.78, 5) is 0. The maximum Gasteiger partial charge on any atom is 0.0337 e. The summed E-state index contributed by atoms with van der Waals surface area (Å²) < 4.78 is 0. The summed E-state index contributed by atoms with van der Waals surface area (Å²) in [5.74, 6) is 0. The normalized spacial score (nSPS) is 26.6. The van der Waals surface area contributed by atoms with Crippen LogP contribution in [0.2, 0.25) is 0 Å². The summed E-state index contributed by atoms with van der Waals surface area (Å²) in [6.07, 6.45) is 2.16. The van der Waals surface area contributed by atoms with Gasteiger partial charge in [-0.2, -0.15) is 0 Å². The van der Waals surface area contributed by atoms with E-state index in [4.69, 9.17) is 5.73 Å². The van der Waals surface area contributed by atoms with Gasteiger partial charge in [0.1, 0.15) is 0 Å². The van der Waals surface area contributed by atoms with Crippen LogP contribution in [0.3, 0.4) is 0 Å². The van der Waals surface area contributed by atoms with E-state index in [-0.39, 0.29) is 0 Å². The number of rotatable bonds is 1. The molecule has 2 nitrogen and oxygen atoms in total. The van der Waals surface area contributed by atoms with Crippen LogP contribution >= 0.6 is 0 Å². The Morgan fingerprint density at radius 1 is 1.33 bits per heavy atom. The largest absolute Gasteiger partial charge is 0.328 e. The summed E-state index contributed by atoms with van der Waals surface area (Å²) in [5.41, 5.74) is 10.1. The lowest BCUT2D eigenvalue weighted by Crippen LogP contribution is -2.38. The molecule has 1 heterocycles. The van der Waals surface area contributed by atoms with Gasteiger partial charge in [-0.1, -0.05) is 23.8 Å². The fraction of sp³-hybridized carbons (Fsp3) is 0.538. The lowest BCUT2D eigenvalue weighted by atomic mass is 9.91. The molecule has 82 valence electrons. The molecule has 2 rings (SSSR count). The van der Waals surface area contributed by atoms with Crippen LogP contribution in [-0.2, 0) is 0 Å². The highest BCUT2D eigenvalue weighted by Gasteiger charge is 2.21. The van der Waals surface area contributed by atoms with E-state index in [1.165, 1.54) is 16.7 Å². The van der Waals surface area contributed by atoms with E-state index in [0.717, 1.165) is 19.4 Å². The highest BCUT2D eigenvalue weighted by atomic mass is 14.9. The summed E-state index contributed by atoms with van der Waals surface area (Å²) in [7, 11) is 0. The highest BCUT2D eigenvalue weighted by molar-refractivity contribution is 5.33. The monoisotopic (exact) mass is 204 g/mol. The fourth-order valence-corrected chi connectivity index (χ4v) is 2.32. The second-order valence-corrected chi connectivity index (χ2v) is 4.65. The Balaban J connectivity index is 2.24. The Bertz CT molecular complexity index is 346. The molecule has 0 spiro atoms. The van der Waals surface area contributed by atoms with Crippen molar-refractivity contribution in [3.8, 4) is 0 Å². The van der Waals surface area contributed by atoms with E-state index < -0.39 is 0 Å². The van der Waals surface area contributed by atoms with E-state index in [9.17, 15) is 0 Å². The number of benzene rings is 1. The van der Waals surface area contributed by atoms with Crippen LogP contribution in [0, 0.1) is 13.8 Å². The molecular formula is C13H20N2. The Kier molecular flexibility index (Phi) is 3.08. The quantitative estimate of drug-likeness (QED) is 0.735. The highest BCUT2D eigenvalue weighted by Crippen LogP contribution is 2.25. The van der Waals surface area contributed by atoms with Gasteiger partial charge in [0.05, 0.1) is 0 Å². The molecule has 15 heavy (non-hydrogen) atoms. The zero-order valence-corrected chi connectivity index (χ0v) is 9.59. The molecule has 0 saturated carbocycles. The van der Waals surface area contributed by atoms with Crippen LogP contribution in [0.4, 0.5) is 0 Å². The lowest BCUT2D eigenvalue weighted by molar-refractivity contribution is 0.368. The molecule has 2 heteroatoms. The van der Waals surface area contributed by atoms with Gasteiger partial charge in [0.25, 0.3) is 0 Å². The molecule has 1 aliphatic heterocycles. The predicted molar refractivity (Wildman–Crippen MR) is 63.9 cm³/mol. The van der Waals surface area contributed by atoms with Gasteiger partial charge < -0.3 is 11.1 Å². The average Bonchev–Trinajstić information content (AvgIpc) is 2.22. The van der Waals surface area contributed by atoms with Gasteiger partial charge in [-0.25, -0.2) is 0 Å². The molecule has 0 amide bonds. The number of hydrogen-bond donors (Lipinski definition) is 2. The minimum Gasteiger partial charge on any atom is -0.328 e. The summed E-state index contributed by atoms with van der Waals surface area (Å²) in [6.45, 7) is 5.36. The van der Waals surface area contributed by atoms with Crippen LogP contribution in [0.15, 0.2) is 18.2 Å². The van der Waals surface area contributed by atoms with Crippen molar-refractivity contribution in [2.45, 2.75) is 38.8 Å². The van der Waals surface area contributed by atoms with E-state index in [1.807, 2.05) is 0 Å². The third-order valence-electron chi connectivity index (χ3n) is 3.25. The number of hydrogen-bond acceptors (Lipinski definition) is 2. The van der Waals surface area contributed by atoms with Crippen LogP contribution in [0.25, 0.3) is 0 Å². The fourth-order valence-electron chi connectivity index (χ4n) is 2.32. The van der Waals surface area contributed by atoms with Crippen molar-refractivity contribution in [3.63, 3.8) is 0 Å². The van der Waals surface area contributed by atoms with Crippen molar-refractivity contribution in [1.29, 1.82) is 0 Å². The van der Waals surface area contributed by atoms with Gasteiger partial charge in [0.15, 0.2) is 0 Å². The minimum atomic E-state index is 0.358. The van der Waals surface area contributed by atoms with Gasteiger partial charge in [0.2, 0.25) is 0 Å². The molecule has 1 aromatic rings. The molecule has 0 aliphatic carbocycles. The summed E-state index contributed by atoms with van der Waals surface area (Å²) in [6, 6.07) is 7.46. The first kappa shape index (κ1) is 10.7. The van der Waals surface area contributed by atoms with Crippen LogP contribution in [0.5, 0.6) is 0 Å². The Hall–Kier alpha value is -0.860. The van der Waals surface area contributed by atoms with E-state index >= 15 is 0 Å². The number of aryl methyl sites for hydroxylation is 2. The molecule has 1 fully saturated rings. The predicted octanol–water partition coefficient (Wildman–Crippen LogP) is 2.06. The number of nitrogens with two attached hydrogens (primary N) is 1. The van der Waals surface area contributed by atoms with Crippen molar-refractivity contribution in [3.05, 3.63) is 34.9 Å². The summed E-state index contributed by atoms with van der Waals surface area (Å²) in [5, 5.41) is 3.55.